The van der Waals surface area contributed by atoms with Gasteiger partial charge in [-0.1, -0.05) is 31.4 Å². The zero-order chi connectivity index (χ0) is 27.8. The van der Waals surface area contributed by atoms with Crippen molar-refractivity contribution in [3.63, 3.8) is 0 Å². The fourth-order valence-corrected chi connectivity index (χ4v) is 4.53. The van der Waals surface area contributed by atoms with Gasteiger partial charge in [-0.15, -0.1) is 0 Å². The molecule has 0 atom stereocenters. The molecule has 0 fully saturated rings. The molecule has 0 bridgehead atoms. The smallest absolute Gasteiger partial charge is 0.229 e. The molecular weight excluding hydrogens is 472 g/mol. The summed E-state index contributed by atoms with van der Waals surface area (Å²) < 4.78 is 2.08. The standard InChI is InChI=1S/C30H42N8/c1-10-14-26-22(11-2)24(20-37(26)9)28-23(12-3)29(32-6)35-30(34-28)33-21-15-16-27(25(19-21)31-5)38(13-4)18-17-36(7)8/h10-12,14-16,19-20,31H,2-3,13,17-18H2,1,4-9H3,(H2,32,33,34,35)/b14-10-. The van der Waals surface area contributed by atoms with Crippen molar-refractivity contribution in [2.45, 2.75) is 13.8 Å². The number of hydrogen-bond acceptors (Lipinski definition) is 7. The Bertz CT molecular complexity index is 1300. The fourth-order valence-electron chi connectivity index (χ4n) is 4.53. The Morgan fingerprint density at radius 3 is 2.34 bits per heavy atom. The summed E-state index contributed by atoms with van der Waals surface area (Å²) in [7, 11) is 10.0. The molecule has 202 valence electrons. The summed E-state index contributed by atoms with van der Waals surface area (Å²) in [4.78, 5) is 14.3. The van der Waals surface area contributed by atoms with Crippen molar-refractivity contribution >= 4 is 47.1 Å². The summed E-state index contributed by atoms with van der Waals surface area (Å²) in [6.45, 7) is 15.2. The van der Waals surface area contributed by atoms with E-state index in [0.29, 0.717) is 11.8 Å². The molecule has 1 aromatic carbocycles. The Morgan fingerprint density at radius 2 is 1.76 bits per heavy atom. The molecule has 38 heavy (non-hydrogen) atoms. The molecule has 8 heteroatoms. The molecule has 0 unspecified atom stereocenters. The first-order valence-corrected chi connectivity index (χ1v) is 13.0. The van der Waals surface area contributed by atoms with Crippen LogP contribution < -0.4 is 20.9 Å². The van der Waals surface area contributed by atoms with E-state index in [9.17, 15) is 0 Å². The van der Waals surface area contributed by atoms with E-state index in [1.54, 1.807) is 6.08 Å². The minimum absolute atomic E-state index is 0.496. The van der Waals surface area contributed by atoms with Gasteiger partial charge in [-0.05, 0) is 52.2 Å². The molecule has 8 nitrogen and oxygen atoms in total. The van der Waals surface area contributed by atoms with Crippen molar-refractivity contribution < 1.29 is 0 Å². The highest BCUT2D eigenvalue weighted by molar-refractivity contribution is 5.86. The zero-order valence-corrected chi connectivity index (χ0v) is 23.9. The summed E-state index contributed by atoms with van der Waals surface area (Å²) in [6, 6.07) is 6.31. The van der Waals surface area contributed by atoms with Crippen molar-refractivity contribution in [2.24, 2.45) is 7.05 Å². The summed E-state index contributed by atoms with van der Waals surface area (Å²) in [5.41, 5.74) is 7.78. The maximum absolute atomic E-state index is 4.96. The first-order valence-electron chi connectivity index (χ1n) is 13.0. The second-order valence-electron chi connectivity index (χ2n) is 9.26. The van der Waals surface area contributed by atoms with Gasteiger partial charge in [0.15, 0.2) is 0 Å². The number of allylic oxidation sites excluding steroid dienone is 1. The Balaban J connectivity index is 2.06. The fraction of sp³-hybridized carbons (Fsp3) is 0.333. The first kappa shape index (κ1) is 28.5. The van der Waals surface area contributed by atoms with Gasteiger partial charge in [0.1, 0.15) is 5.82 Å². The van der Waals surface area contributed by atoms with Gasteiger partial charge in [-0.25, -0.2) is 4.98 Å². The van der Waals surface area contributed by atoms with Gasteiger partial charge in [0.05, 0.1) is 17.1 Å². The van der Waals surface area contributed by atoms with E-state index in [1.807, 2.05) is 40.2 Å². The highest BCUT2D eigenvalue weighted by Crippen LogP contribution is 2.36. The van der Waals surface area contributed by atoms with Crippen LogP contribution in [0.2, 0.25) is 0 Å². The number of hydrogen-bond donors (Lipinski definition) is 3. The number of likely N-dealkylation sites (N-methyl/N-ethyl adjacent to an activating group) is 2. The van der Waals surface area contributed by atoms with E-state index >= 15 is 0 Å². The van der Waals surface area contributed by atoms with Crippen molar-refractivity contribution in [1.82, 2.24) is 19.4 Å². The molecule has 3 N–H and O–H groups in total. The van der Waals surface area contributed by atoms with Crippen LogP contribution in [0.3, 0.4) is 0 Å². The van der Waals surface area contributed by atoms with Crippen LogP contribution in [-0.4, -0.2) is 67.3 Å². The second kappa shape index (κ2) is 13.0. The van der Waals surface area contributed by atoms with E-state index in [4.69, 9.17) is 9.97 Å². The number of benzene rings is 1. The zero-order valence-electron chi connectivity index (χ0n) is 23.9. The normalized spacial score (nSPS) is 11.2. The third-order valence-corrected chi connectivity index (χ3v) is 6.50. The largest absolute Gasteiger partial charge is 0.386 e. The van der Waals surface area contributed by atoms with E-state index in [2.05, 4.69) is 95.0 Å². The molecule has 0 aliphatic rings. The summed E-state index contributed by atoms with van der Waals surface area (Å²) in [5, 5.41) is 9.99. The second-order valence-corrected chi connectivity index (χ2v) is 9.26. The van der Waals surface area contributed by atoms with E-state index < -0.39 is 0 Å². The molecule has 0 aliphatic carbocycles. The monoisotopic (exact) mass is 514 g/mol. The van der Waals surface area contributed by atoms with Crippen LogP contribution in [0.4, 0.5) is 28.8 Å². The van der Waals surface area contributed by atoms with Crippen LogP contribution in [0.5, 0.6) is 0 Å². The lowest BCUT2D eigenvalue weighted by atomic mass is 10.0. The lowest BCUT2D eigenvalue weighted by Crippen LogP contribution is -2.32. The molecule has 0 spiro atoms. The lowest BCUT2D eigenvalue weighted by Gasteiger charge is -2.27. The van der Waals surface area contributed by atoms with Crippen LogP contribution in [0.1, 0.15) is 30.7 Å². The van der Waals surface area contributed by atoms with Crippen molar-refractivity contribution in [2.75, 3.05) is 68.7 Å². The number of rotatable bonds is 13. The van der Waals surface area contributed by atoms with Gasteiger partial charge in [0.25, 0.3) is 0 Å². The third-order valence-electron chi connectivity index (χ3n) is 6.50. The minimum atomic E-state index is 0.496. The maximum atomic E-state index is 4.96. The van der Waals surface area contributed by atoms with E-state index in [1.165, 1.54) is 5.69 Å². The number of nitrogens with one attached hydrogen (secondary N) is 3. The SMILES string of the molecule is C=Cc1c(NC)nc(Nc2ccc(N(CC)CCN(C)C)c(NC)c2)nc1-c1cn(C)c(/C=C\C)c1C=C. The van der Waals surface area contributed by atoms with Gasteiger partial charge < -0.3 is 30.3 Å². The van der Waals surface area contributed by atoms with Crippen LogP contribution in [0.15, 0.2) is 43.6 Å². The summed E-state index contributed by atoms with van der Waals surface area (Å²) in [6.07, 6.45) is 9.84. The van der Waals surface area contributed by atoms with Crippen LogP contribution in [-0.2, 0) is 7.05 Å². The Hall–Kier alpha value is -4.04. The molecule has 0 saturated carbocycles. The minimum Gasteiger partial charge on any atom is -0.386 e. The van der Waals surface area contributed by atoms with Crippen molar-refractivity contribution in [3.05, 3.63) is 60.5 Å². The highest BCUT2D eigenvalue weighted by Gasteiger charge is 2.20. The van der Waals surface area contributed by atoms with Gasteiger partial charge in [-0.2, -0.15) is 4.98 Å². The van der Waals surface area contributed by atoms with Gasteiger partial charge in [0.2, 0.25) is 5.95 Å². The number of aryl methyl sites for hydroxylation is 1. The molecule has 2 aromatic heterocycles. The molecule has 2 heterocycles. The average Bonchev–Trinajstić information content (AvgIpc) is 3.23. The van der Waals surface area contributed by atoms with Gasteiger partial charge >= 0.3 is 0 Å². The van der Waals surface area contributed by atoms with Crippen LogP contribution >= 0.6 is 0 Å². The lowest BCUT2D eigenvalue weighted by molar-refractivity contribution is 0.414. The summed E-state index contributed by atoms with van der Waals surface area (Å²) in [5.74, 6) is 1.20. The first-order chi connectivity index (χ1) is 18.3. The number of anilines is 5. The average molecular weight is 515 g/mol. The number of aromatic nitrogens is 3. The molecule has 0 amide bonds. The topological polar surface area (TPSA) is 73.3 Å². The Morgan fingerprint density at radius 1 is 1.03 bits per heavy atom. The molecule has 3 rings (SSSR count). The maximum Gasteiger partial charge on any atom is 0.229 e. The van der Waals surface area contributed by atoms with Crippen molar-refractivity contribution in [1.29, 1.82) is 0 Å². The predicted molar refractivity (Wildman–Crippen MR) is 167 cm³/mol. The van der Waals surface area contributed by atoms with E-state index in [-0.39, 0.29) is 0 Å². The van der Waals surface area contributed by atoms with Gasteiger partial charge in [-0.3, -0.25) is 0 Å². The molecular formula is C30H42N8. The van der Waals surface area contributed by atoms with Crippen molar-refractivity contribution in [3.8, 4) is 11.3 Å². The quantitative estimate of drug-likeness (QED) is 0.258. The number of nitrogens with zero attached hydrogens (tertiary/aromatic N) is 5. The van der Waals surface area contributed by atoms with Crippen LogP contribution in [0, 0.1) is 0 Å². The Labute approximate surface area is 227 Å². The van der Waals surface area contributed by atoms with Crippen LogP contribution in [0.25, 0.3) is 29.5 Å². The highest BCUT2D eigenvalue weighted by atomic mass is 15.2. The molecule has 3 aromatic rings. The van der Waals surface area contributed by atoms with Gasteiger partial charge in [0, 0.05) is 75.0 Å². The predicted octanol–water partition coefficient (Wildman–Crippen LogP) is 6.02. The molecule has 0 radical (unpaired) electrons. The van der Waals surface area contributed by atoms with E-state index in [0.717, 1.165) is 59.1 Å². The molecule has 0 aliphatic heterocycles. The Kier molecular flexibility index (Phi) is 9.73. The third kappa shape index (κ3) is 6.08. The summed E-state index contributed by atoms with van der Waals surface area (Å²) >= 11 is 0. The molecule has 0 saturated heterocycles.